The van der Waals surface area contributed by atoms with Gasteiger partial charge in [-0.3, -0.25) is 0 Å². The normalized spacial score (nSPS) is 24.4. The first-order chi connectivity index (χ1) is 18.1. The van der Waals surface area contributed by atoms with Crippen molar-refractivity contribution in [2.75, 3.05) is 24.6 Å². The lowest BCUT2D eigenvalue weighted by Gasteiger charge is -2.23. The summed E-state index contributed by atoms with van der Waals surface area (Å²) in [5, 5.41) is 9.46. The van der Waals surface area contributed by atoms with Crippen LogP contribution >= 0.6 is 0 Å². The maximum absolute atomic E-state index is 14.7. The highest BCUT2D eigenvalue weighted by atomic mass is 19.1. The lowest BCUT2D eigenvalue weighted by Crippen LogP contribution is -2.25. The van der Waals surface area contributed by atoms with Crippen molar-refractivity contribution in [2.45, 2.75) is 58.5 Å². The van der Waals surface area contributed by atoms with Gasteiger partial charge in [0.05, 0.1) is 0 Å². The Morgan fingerprint density at radius 2 is 2.03 bits per heavy atom. The summed E-state index contributed by atoms with van der Waals surface area (Å²) in [5.41, 5.74) is 5.89. The van der Waals surface area contributed by atoms with E-state index in [0.29, 0.717) is 29.2 Å². The maximum Gasteiger partial charge on any atom is 0.213 e. The molecule has 1 N–H and O–H groups in total. The van der Waals surface area contributed by atoms with Crippen molar-refractivity contribution in [2.24, 2.45) is 17.8 Å². The predicted octanol–water partition coefficient (Wildman–Crippen LogP) is 6.06. The van der Waals surface area contributed by atoms with E-state index >= 15 is 0 Å². The van der Waals surface area contributed by atoms with E-state index in [-0.39, 0.29) is 19.0 Å². The SMILES string of the molecule is CCC1CCCN(c2ccc(-c3ccc(F)c(COc4cc5c(cn4)C4C(CO)C4C5)c3)c(C)n2)CC1. The van der Waals surface area contributed by atoms with Gasteiger partial charge in [-0.05, 0) is 97.2 Å². The Morgan fingerprint density at radius 3 is 2.84 bits per heavy atom. The number of fused-ring (bicyclic) bond motifs is 3. The molecule has 0 radical (unpaired) electrons. The fourth-order valence-electron chi connectivity index (χ4n) is 6.57. The van der Waals surface area contributed by atoms with Crippen molar-refractivity contribution in [3.05, 3.63) is 70.8 Å². The second-order valence-electron chi connectivity index (χ2n) is 11.1. The van der Waals surface area contributed by atoms with Crippen LogP contribution in [0.25, 0.3) is 11.1 Å². The number of halogens is 1. The van der Waals surface area contributed by atoms with Crippen LogP contribution in [0.4, 0.5) is 10.2 Å². The molecule has 6 rings (SSSR count). The van der Waals surface area contributed by atoms with Crippen LogP contribution in [0.1, 0.15) is 60.9 Å². The van der Waals surface area contributed by atoms with Crippen LogP contribution in [0.3, 0.4) is 0 Å². The fourth-order valence-corrected chi connectivity index (χ4v) is 6.57. The smallest absolute Gasteiger partial charge is 0.213 e. The third kappa shape index (κ3) is 4.72. The molecule has 5 nitrogen and oxygen atoms in total. The zero-order chi connectivity index (χ0) is 25.5. The number of aromatic nitrogens is 2. The topological polar surface area (TPSA) is 58.5 Å². The quantitative estimate of drug-likeness (QED) is 0.426. The molecule has 3 aromatic rings. The van der Waals surface area contributed by atoms with Gasteiger partial charge in [-0.2, -0.15) is 0 Å². The third-order valence-electron chi connectivity index (χ3n) is 8.91. The molecule has 2 aliphatic carbocycles. The monoisotopic (exact) mass is 501 g/mol. The summed E-state index contributed by atoms with van der Waals surface area (Å²) in [4.78, 5) is 11.8. The second kappa shape index (κ2) is 10.1. The van der Waals surface area contributed by atoms with Crippen LogP contribution in [0.2, 0.25) is 0 Å². The van der Waals surface area contributed by atoms with Crippen molar-refractivity contribution >= 4 is 5.82 Å². The Bertz CT molecular complexity index is 1300. The number of ether oxygens (including phenoxy) is 1. The van der Waals surface area contributed by atoms with Crippen LogP contribution < -0.4 is 9.64 Å². The van der Waals surface area contributed by atoms with E-state index in [1.807, 2.05) is 31.3 Å². The minimum Gasteiger partial charge on any atom is -0.473 e. The van der Waals surface area contributed by atoms with Crippen molar-refractivity contribution in [3.63, 3.8) is 0 Å². The number of anilines is 1. The summed E-state index contributed by atoms with van der Waals surface area (Å²) in [6, 6.07) is 11.4. The van der Waals surface area contributed by atoms with E-state index in [0.717, 1.165) is 48.1 Å². The summed E-state index contributed by atoms with van der Waals surface area (Å²) < 4.78 is 20.6. The van der Waals surface area contributed by atoms with Gasteiger partial charge in [0.25, 0.3) is 0 Å². The van der Waals surface area contributed by atoms with Crippen molar-refractivity contribution in [1.82, 2.24) is 9.97 Å². The molecule has 2 fully saturated rings. The van der Waals surface area contributed by atoms with Gasteiger partial charge in [-0.1, -0.05) is 19.4 Å². The molecule has 0 bridgehead atoms. The predicted molar refractivity (Wildman–Crippen MR) is 143 cm³/mol. The van der Waals surface area contributed by atoms with Crippen molar-refractivity contribution in [3.8, 4) is 17.0 Å². The molecule has 0 spiro atoms. The lowest BCUT2D eigenvalue weighted by molar-refractivity contribution is 0.265. The van der Waals surface area contributed by atoms with E-state index in [4.69, 9.17) is 9.72 Å². The summed E-state index contributed by atoms with van der Waals surface area (Å²) in [7, 11) is 0. The van der Waals surface area contributed by atoms with Crippen LogP contribution in [-0.2, 0) is 13.0 Å². The second-order valence-corrected chi connectivity index (χ2v) is 11.1. The van der Waals surface area contributed by atoms with Crippen LogP contribution in [0.15, 0.2) is 42.6 Å². The van der Waals surface area contributed by atoms with Gasteiger partial charge >= 0.3 is 0 Å². The number of hydrogen-bond acceptors (Lipinski definition) is 5. The zero-order valence-corrected chi connectivity index (χ0v) is 21.8. The highest BCUT2D eigenvalue weighted by Crippen LogP contribution is 2.61. The standard InChI is InChI=1S/C31H36FN3O2/c1-3-20-5-4-11-35(12-10-20)29-9-7-24(19(2)34-29)21-6-8-28(32)23(13-21)18-37-30-15-22-14-25-27(17-36)31(25)26(22)16-33-30/h6-9,13,15-16,20,25,27,31,36H,3-5,10-12,14,17-18H2,1-2H3. The van der Waals surface area contributed by atoms with E-state index < -0.39 is 0 Å². The van der Waals surface area contributed by atoms with E-state index in [9.17, 15) is 9.50 Å². The molecule has 194 valence electrons. The van der Waals surface area contributed by atoms with Crippen LogP contribution in [-0.4, -0.2) is 34.8 Å². The Hall–Kier alpha value is -2.99. The van der Waals surface area contributed by atoms with Gasteiger partial charge in [-0.15, -0.1) is 0 Å². The minimum absolute atomic E-state index is 0.120. The van der Waals surface area contributed by atoms with Crippen LogP contribution in [0, 0.1) is 30.5 Å². The van der Waals surface area contributed by atoms with E-state index in [1.54, 1.807) is 0 Å². The first-order valence-electron chi connectivity index (χ1n) is 13.8. The summed E-state index contributed by atoms with van der Waals surface area (Å²) in [6.45, 7) is 6.80. The van der Waals surface area contributed by atoms with Gasteiger partial charge in [0, 0.05) is 48.8 Å². The largest absolute Gasteiger partial charge is 0.473 e. The Kier molecular flexibility index (Phi) is 6.62. The molecule has 1 saturated carbocycles. The van der Waals surface area contributed by atoms with Crippen molar-refractivity contribution < 1.29 is 14.2 Å². The minimum atomic E-state index is -0.283. The summed E-state index contributed by atoms with van der Waals surface area (Å²) in [6.07, 6.45) is 7.84. The average molecular weight is 502 g/mol. The molecule has 4 unspecified atom stereocenters. The number of pyridine rings is 2. The van der Waals surface area contributed by atoms with Gasteiger partial charge < -0.3 is 14.7 Å². The molecule has 1 aliphatic heterocycles. The molecular weight excluding hydrogens is 465 g/mol. The molecular formula is C31H36FN3O2. The Labute approximate surface area is 218 Å². The number of rotatable bonds is 7. The van der Waals surface area contributed by atoms with Gasteiger partial charge in [0.1, 0.15) is 18.2 Å². The molecule has 1 saturated heterocycles. The highest BCUT2D eigenvalue weighted by molar-refractivity contribution is 5.68. The highest BCUT2D eigenvalue weighted by Gasteiger charge is 2.55. The first kappa shape index (κ1) is 24.4. The molecule has 3 aliphatic rings. The van der Waals surface area contributed by atoms with Crippen molar-refractivity contribution in [1.29, 1.82) is 0 Å². The molecule has 6 heteroatoms. The number of hydrogen-bond donors (Lipinski definition) is 1. The fraction of sp³-hybridized carbons (Fsp3) is 0.484. The molecule has 1 aromatic carbocycles. The van der Waals surface area contributed by atoms with Gasteiger partial charge in [0.15, 0.2) is 0 Å². The van der Waals surface area contributed by atoms with Crippen LogP contribution in [0.5, 0.6) is 5.88 Å². The lowest BCUT2D eigenvalue weighted by atomic mass is 9.98. The number of aliphatic hydroxyl groups excluding tert-OH is 1. The summed E-state index contributed by atoms with van der Waals surface area (Å²) >= 11 is 0. The molecule has 0 amide bonds. The molecule has 2 aromatic heterocycles. The Balaban J connectivity index is 1.15. The third-order valence-corrected chi connectivity index (χ3v) is 8.91. The van der Waals surface area contributed by atoms with E-state index in [1.165, 1.54) is 42.9 Å². The number of aliphatic hydroxyl groups is 1. The Morgan fingerprint density at radius 1 is 1.14 bits per heavy atom. The van der Waals surface area contributed by atoms with E-state index in [2.05, 4.69) is 28.9 Å². The zero-order valence-electron chi connectivity index (χ0n) is 21.8. The molecule has 3 heterocycles. The summed E-state index contributed by atoms with van der Waals surface area (Å²) in [5.74, 6) is 3.48. The molecule has 37 heavy (non-hydrogen) atoms. The molecule has 4 atom stereocenters. The number of aryl methyl sites for hydroxylation is 1. The number of benzene rings is 1. The van der Waals surface area contributed by atoms with Gasteiger partial charge in [0.2, 0.25) is 5.88 Å². The van der Waals surface area contributed by atoms with Gasteiger partial charge in [-0.25, -0.2) is 14.4 Å². The maximum atomic E-state index is 14.7. The number of nitrogens with zero attached hydrogens (tertiary/aromatic N) is 3. The average Bonchev–Trinajstić information content (AvgIpc) is 3.56. The first-order valence-corrected chi connectivity index (χ1v) is 13.8.